The van der Waals surface area contributed by atoms with Crippen molar-refractivity contribution in [2.24, 2.45) is 5.92 Å². The van der Waals surface area contributed by atoms with Gasteiger partial charge in [-0.15, -0.1) is 0 Å². The van der Waals surface area contributed by atoms with Gasteiger partial charge in [0, 0.05) is 11.6 Å². The predicted molar refractivity (Wildman–Crippen MR) is 130 cm³/mol. The summed E-state index contributed by atoms with van der Waals surface area (Å²) in [4.78, 5) is 27.6. The second-order valence-electron chi connectivity index (χ2n) is 8.77. The van der Waals surface area contributed by atoms with E-state index in [2.05, 4.69) is 19.0 Å². The van der Waals surface area contributed by atoms with Crippen LogP contribution in [0.2, 0.25) is 0 Å². The first-order valence-electron chi connectivity index (χ1n) is 11.4. The summed E-state index contributed by atoms with van der Waals surface area (Å²) >= 11 is 0. The molecular formula is C27H28N2O6. The smallest absolute Gasteiger partial charge is 0.301 e. The van der Waals surface area contributed by atoms with E-state index >= 15 is 0 Å². The number of rotatable bonds is 8. The third-order valence-corrected chi connectivity index (χ3v) is 5.81. The summed E-state index contributed by atoms with van der Waals surface area (Å²) in [6.45, 7) is 6.45. The Morgan fingerprint density at radius 3 is 2.49 bits per heavy atom. The lowest BCUT2D eigenvalue weighted by Gasteiger charge is -2.24. The monoisotopic (exact) mass is 476 g/mol. The summed E-state index contributed by atoms with van der Waals surface area (Å²) in [5, 5.41) is 15.1. The topological polar surface area (TPSA) is 102 Å². The highest BCUT2D eigenvalue weighted by atomic mass is 16.5. The molecule has 1 saturated heterocycles. The minimum atomic E-state index is -0.946. The van der Waals surface area contributed by atoms with Crippen molar-refractivity contribution in [2.75, 3.05) is 18.6 Å². The van der Waals surface area contributed by atoms with Crippen LogP contribution in [0.4, 0.5) is 5.82 Å². The van der Waals surface area contributed by atoms with Gasteiger partial charge in [-0.2, -0.15) is 0 Å². The highest BCUT2D eigenvalue weighted by Gasteiger charge is 2.48. The molecule has 8 heteroatoms. The molecule has 3 aromatic rings. The summed E-state index contributed by atoms with van der Waals surface area (Å²) in [6, 6.07) is 14.5. The number of hydrogen-bond donors (Lipinski definition) is 1. The highest BCUT2D eigenvalue weighted by molar-refractivity contribution is 6.51. The first-order chi connectivity index (χ1) is 16.8. The Kier molecular flexibility index (Phi) is 6.91. The van der Waals surface area contributed by atoms with Crippen molar-refractivity contribution in [3.63, 3.8) is 0 Å². The van der Waals surface area contributed by atoms with Crippen LogP contribution in [-0.4, -0.2) is 35.7 Å². The Bertz CT molecular complexity index is 1260. The van der Waals surface area contributed by atoms with Crippen LogP contribution in [0.15, 0.2) is 64.7 Å². The van der Waals surface area contributed by atoms with Crippen molar-refractivity contribution in [1.82, 2.24) is 5.16 Å². The number of ether oxygens (including phenoxy) is 2. The summed E-state index contributed by atoms with van der Waals surface area (Å²) in [7, 11) is 1.52. The van der Waals surface area contributed by atoms with E-state index in [9.17, 15) is 14.7 Å². The fourth-order valence-corrected chi connectivity index (χ4v) is 3.98. The number of nitrogens with zero attached hydrogens (tertiary/aromatic N) is 2. The number of anilines is 1. The molecular weight excluding hydrogens is 448 g/mol. The van der Waals surface area contributed by atoms with Crippen LogP contribution in [0.1, 0.15) is 43.2 Å². The van der Waals surface area contributed by atoms with Crippen LogP contribution in [0.3, 0.4) is 0 Å². The fourth-order valence-electron chi connectivity index (χ4n) is 3.98. The van der Waals surface area contributed by atoms with Crippen LogP contribution >= 0.6 is 0 Å². The Morgan fingerprint density at radius 2 is 1.86 bits per heavy atom. The molecule has 0 saturated carbocycles. The number of aliphatic hydroxyl groups excluding tert-OH is 1. The SMILES string of the molecule is COc1cc([C@H]2C(=C(O)c3ccccc3)C(=O)C(=O)N2c2cc(C)on2)ccc1OCCC(C)C. The first-order valence-corrected chi connectivity index (χ1v) is 11.4. The maximum absolute atomic E-state index is 13.2. The minimum Gasteiger partial charge on any atom is -0.507 e. The molecule has 1 amide bonds. The van der Waals surface area contributed by atoms with E-state index in [0.717, 1.165) is 6.42 Å². The molecule has 2 heterocycles. The van der Waals surface area contributed by atoms with Crippen LogP contribution < -0.4 is 14.4 Å². The lowest BCUT2D eigenvalue weighted by atomic mass is 9.95. The number of hydrogen-bond acceptors (Lipinski definition) is 7. The average molecular weight is 477 g/mol. The van der Waals surface area contributed by atoms with Crippen LogP contribution in [0.5, 0.6) is 11.5 Å². The number of carbonyl (C=O) groups is 2. The van der Waals surface area contributed by atoms with E-state index in [1.165, 1.54) is 12.0 Å². The molecule has 2 aromatic carbocycles. The third kappa shape index (κ3) is 4.77. The zero-order valence-electron chi connectivity index (χ0n) is 20.1. The Labute approximate surface area is 203 Å². The van der Waals surface area contributed by atoms with Crippen molar-refractivity contribution in [3.05, 3.63) is 77.1 Å². The number of Topliss-reactive ketones (excluding diaryl/α,β-unsaturated/α-hetero) is 1. The summed E-state index contributed by atoms with van der Waals surface area (Å²) in [5.74, 6) is 0.261. The largest absolute Gasteiger partial charge is 0.507 e. The van der Waals surface area contributed by atoms with Gasteiger partial charge in [0.15, 0.2) is 17.3 Å². The third-order valence-electron chi connectivity index (χ3n) is 5.81. The molecule has 4 rings (SSSR count). The van der Waals surface area contributed by atoms with Crippen molar-refractivity contribution in [1.29, 1.82) is 0 Å². The van der Waals surface area contributed by atoms with Crippen molar-refractivity contribution in [3.8, 4) is 11.5 Å². The molecule has 0 bridgehead atoms. The Morgan fingerprint density at radius 1 is 1.11 bits per heavy atom. The highest BCUT2D eigenvalue weighted by Crippen LogP contribution is 2.44. The number of ketones is 1. The van der Waals surface area contributed by atoms with Gasteiger partial charge in [0.05, 0.1) is 25.3 Å². The Balaban J connectivity index is 1.84. The van der Waals surface area contributed by atoms with E-state index in [1.54, 1.807) is 61.5 Å². The number of amides is 1. The molecule has 182 valence electrons. The van der Waals surface area contributed by atoms with Gasteiger partial charge in [-0.25, -0.2) is 0 Å². The second-order valence-corrected chi connectivity index (χ2v) is 8.77. The molecule has 1 aromatic heterocycles. The summed E-state index contributed by atoms with van der Waals surface area (Å²) in [6.07, 6.45) is 0.883. The zero-order valence-corrected chi connectivity index (χ0v) is 20.1. The molecule has 0 radical (unpaired) electrons. The predicted octanol–water partition coefficient (Wildman–Crippen LogP) is 5.04. The molecule has 1 N–H and O–H groups in total. The molecule has 1 aliphatic rings. The van der Waals surface area contributed by atoms with Gasteiger partial charge in [0.1, 0.15) is 11.5 Å². The van der Waals surface area contributed by atoms with Crippen molar-refractivity contribution < 1.29 is 28.7 Å². The average Bonchev–Trinajstić information content (AvgIpc) is 3.39. The van der Waals surface area contributed by atoms with E-state index in [1.807, 2.05) is 0 Å². The van der Waals surface area contributed by atoms with E-state index in [-0.39, 0.29) is 17.2 Å². The lowest BCUT2D eigenvalue weighted by Crippen LogP contribution is -2.29. The van der Waals surface area contributed by atoms with E-state index < -0.39 is 17.7 Å². The minimum absolute atomic E-state index is 0.0441. The lowest BCUT2D eigenvalue weighted by molar-refractivity contribution is -0.132. The first kappa shape index (κ1) is 24.1. The molecule has 8 nitrogen and oxygen atoms in total. The van der Waals surface area contributed by atoms with Gasteiger partial charge in [0.25, 0.3) is 5.78 Å². The number of carbonyl (C=O) groups excluding carboxylic acids is 2. The zero-order chi connectivity index (χ0) is 25.1. The number of aryl methyl sites for hydroxylation is 1. The summed E-state index contributed by atoms with van der Waals surface area (Å²) < 4.78 is 16.6. The van der Waals surface area contributed by atoms with Gasteiger partial charge in [0.2, 0.25) is 0 Å². The van der Waals surface area contributed by atoms with Crippen molar-refractivity contribution in [2.45, 2.75) is 33.2 Å². The van der Waals surface area contributed by atoms with Gasteiger partial charge in [-0.05, 0) is 37.0 Å². The molecule has 1 atom stereocenters. The van der Waals surface area contributed by atoms with E-state index in [0.29, 0.717) is 40.9 Å². The van der Waals surface area contributed by atoms with E-state index in [4.69, 9.17) is 14.0 Å². The molecule has 1 aliphatic heterocycles. The molecule has 0 unspecified atom stereocenters. The Hall–Kier alpha value is -4.07. The molecule has 0 spiro atoms. The maximum atomic E-state index is 13.2. The molecule has 1 fully saturated rings. The number of aromatic nitrogens is 1. The standard InChI is InChI=1S/C27H28N2O6/c1-16(2)12-13-34-20-11-10-19(15-21(20)33-4)24-23(25(30)18-8-6-5-7-9-18)26(31)27(32)29(24)22-14-17(3)35-28-22/h5-11,14-16,24,30H,12-13H2,1-4H3/t24-/m0/s1. The number of benzene rings is 2. The molecule has 0 aliphatic carbocycles. The van der Waals surface area contributed by atoms with Gasteiger partial charge < -0.3 is 19.1 Å². The van der Waals surface area contributed by atoms with Crippen molar-refractivity contribution >= 4 is 23.3 Å². The van der Waals surface area contributed by atoms with Crippen LogP contribution in [-0.2, 0) is 9.59 Å². The van der Waals surface area contributed by atoms with Gasteiger partial charge in [-0.3, -0.25) is 14.5 Å². The number of aliphatic hydroxyl groups is 1. The normalized spacial score (nSPS) is 17.3. The van der Waals surface area contributed by atoms with Crippen LogP contribution in [0.25, 0.3) is 5.76 Å². The molecule has 35 heavy (non-hydrogen) atoms. The maximum Gasteiger partial charge on any atom is 0.301 e. The summed E-state index contributed by atoms with van der Waals surface area (Å²) in [5.41, 5.74) is 0.931. The van der Waals surface area contributed by atoms with Gasteiger partial charge in [-0.1, -0.05) is 55.4 Å². The number of methoxy groups -OCH3 is 1. The van der Waals surface area contributed by atoms with Crippen LogP contribution in [0, 0.1) is 12.8 Å². The fraction of sp³-hybridized carbons (Fsp3) is 0.296. The quantitative estimate of drug-likeness (QED) is 0.276. The second kappa shape index (κ2) is 10.0. The van der Waals surface area contributed by atoms with Gasteiger partial charge >= 0.3 is 5.91 Å².